The molecule has 0 aliphatic carbocycles. The van der Waals surface area contributed by atoms with E-state index in [0.717, 1.165) is 11.6 Å². The summed E-state index contributed by atoms with van der Waals surface area (Å²) in [5.74, 6) is -0.609. The molecule has 18 heavy (non-hydrogen) atoms. The Hall–Kier alpha value is -1.39. The maximum Gasteiger partial charge on any atom is 0.261 e. The summed E-state index contributed by atoms with van der Waals surface area (Å²) in [6.45, 7) is 1.90. The Kier molecular flexibility index (Phi) is 3.41. The third-order valence-corrected chi connectivity index (χ3v) is 3.90. The van der Waals surface area contributed by atoms with Crippen LogP contribution < -0.4 is 0 Å². The molecule has 0 spiro atoms. The summed E-state index contributed by atoms with van der Waals surface area (Å²) in [6, 6.07) is 10.9. The first-order valence-corrected chi connectivity index (χ1v) is 7.50. The summed E-state index contributed by atoms with van der Waals surface area (Å²) < 4.78 is 36.0. The Morgan fingerprint density at radius 1 is 1.11 bits per heavy atom. The van der Waals surface area contributed by atoms with Gasteiger partial charge in [-0.15, -0.1) is 0 Å². The topological polar surface area (TPSA) is 34.1 Å². The Labute approximate surface area is 109 Å². The largest absolute Gasteiger partial charge is 0.261 e. The van der Waals surface area contributed by atoms with Crippen LogP contribution in [0.15, 0.2) is 47.4 Å². The van der Waals surface area contributed by atoms with E-state index in [0.29, 0.717) is 11.1 Å². The van der Waals surface area contributed by atoms with Gasteiger partial charge in [0.15, 0.2) is 0 Å². The van der Waals surface area contributed by atoms with Crippen LogP contribution in [0.1, 0.15) is 5.56 Å². The maximum absolute atomic E-state index is 13.9. The Morgan fingerprint density at radius 2 is 1.83 bits per heavy atom. The van der Waals surface area contributed by atoms with Crippen molar-refractivity contribution in [3.63, 3.8) is 0 Å². The molecule has 0 radical (unpaired) electrons. The summed E-state index contributed by atoms with van der Waals surface area (Å²) in [5, 5.41) is 0. The molecule has 2 nitrogen and oxygen atoms in total. The van der Waals surface area contributed by atoms with Crippen LogP contribution in [0.5, 0.6) is 0 Å². The van der Waals surface area contributed by atoms with Gasteiger partial charge < -0.3 is 0 Å². The number of hydrogen-bond donors (Lipinski definition) is 0. The van der Waals surface area contributed by atoms with E-state index in [4.69, 9.17) is 10.7 Å². The molecule has 0 heterocycles. The van der Waals surface area contributed by atoms with E-state index in [-0.39, 0.29) is 4.90 Å². The third kappa shape index (κ3) is 2.71. The van der Waals surface area contributed by atoms with Gasteiger partial charge in [0, 0.05) is 16.2 Å². The average Bonchev–Trinajstić information content (AvgIpc) is 2.27. The van der Waals surface area contributed by atoms with Crippen molar-refractivity contribution in [1.82, 2.24) is 0 Å². The second-order valence-corrected chi connectivity index (χ2v) is 6.51. The zero-order chi connectivity index (χ0) is 13.3. The molecule has 5 heteroatoms. The fraction of sp³-hybridized carbons (Fsp3) is 0.0769. The van der Waals surface area contributed by atoms with Gasteiger partial charge in [0.05, 0.1) is 4.90 Å². The molecule has 0 saturated heterocycles. The Morgan fingerprint density at radius 3 is 2.39 bits per heavy atom. The molecule has 2 rings (SSSR count). The first-order valence-electron chi connectivity index (χ1n) is 5.19. The summed E-state index contributed by atoms with van der Waals surface area (Å²) in [6.07, 6.45) is 0. The predicted molar refractivity (Wildman–Crippen MR) is 69.6 cm³/mol. The molecule has 0 aromatic heterocycles. The first-order chi connectivity index (χ1) is 8.38. The monoisotopic (exact) mass is 284 g/mol. The number of rotatable bonds is 2. The molecule has 0 N–H and O–H groups in total. The summed E-state index contributed by atoms with van der Waals surface area (Å²) in [4.78, 5) is -0.238. The van der Waals surface area contributed by atoms with Crippen molar-refractivity contribution < 1.29 is 12.8 Å². The molecule has 0 saturated carbocycles. The lowest BCUT2D eigenvalue weighted by Crippen LogP contribution is -1.93. The van der Waals surface area contributed by atoms with Gasteiger partial charge in [0.25, 0.3) is 9.05 Å². The summed E-state index contributed by atoms with van der Waals surface area (Å²) in [5.41, 5.74) is 2.05. The lowest BCUT2D eigenvalue weighted by Gasteiger charge is -2.05. The van der Waals surface area contributed by atoms with Crippen LogP contribution in [0, 0.1) is 12.7 Å². The minimum absolute atomic E-state index is 0.238. The highest BCUT2D eigenvalue weighted by Gasteiger charge is 2.13. The van der Waals surface area contributed by atoms with Gasteiger partial charge in [-0.2, -0.15) is 0 Å². The lowest BCUT2D eigenvalue weighted by molar-refractivity contribution is 0.603. The highest BCUT2D eigenvalue weighted by molar-refractivity contribution is 8.13. The number of halogens is 2. The number of benzene rings is 2. The summed E-state index contributed by atoms with van der Waals surface area (Å²) in [7, 11) is 1.26. The van der Waals surface area contributed by atoms with Crippen LogP contribution in [-0.4, -0.2) is 8.42 Å². The molecule has 0 amide bonds. The van der Waals surface area contributed by atoms with E-state index in [1.54, 1.807) is 6.07 Å². The molecular formula is C13H10ClFO2S. The van der Waals surface area contributed by atoms with E-state index in [1.807, 2.05) is 25.1 Å². The van der Waals surface area contributed by atoms with Crippen molar-refractivity contribution in [3.05, 3.63) is 53.8 Å². The SMILES string of the molecule is Cc1cccc(-c2ccc(S(=O)(=O)Cl)cc2F)c1. The molecule has 2 aromatic carbocycles. The molecule has 0 aliphatic rings. The van der Waals surface area contributed by atoms with Crippen LogP contribution in [0.3, 0.4) is 0 Å². The average molecular weight is 285 g/mol. The van der Waals surface area contributed by atoms with Crippen molar-refractivity contribution >= 4 is 19.7 Å². The third-order valence-electron chi connectivity index (χ3n) is 2.55. The molecule has 2 aromatic rings. The van der Waals surface area contributed by atoms with E-state index >= 15 is 0 Å². The first kappa shape index (κ1) is 13.1. The van der Waals surface area contributed by atoms with Gasteiger partial charge in [-0.3, -0.25) is 0 Å². The van der Waals surface area contributed by atoms with Gasteiger partial charge in [-0.25, -0.2) is 12.8 Å². The zero-order valence-electron chi connectivity index (χ0n) is 9.52. The van der Waals surface area contributed by atoms with Crippen molar-refractivity contribution in [2.24, 2.45) is 0 Å². The quantitative estimate of drug-likeness (QED) is 0.788. The lowest BCUT2D eigenvalue weighted by atomic mass is 10.0. The predicted octanol–water partition coefficient (Wildman–Crippen LogP) is 3.73. The van der Waals surface area contributed by atoms with Gasteiger partial charge in [-0.05, 0) is 24.6 Å². The van der Waals surface area contributed by atoms with Crippen LogP contribution in [0.4, 0.5) is 4.39 Å². The van der Waals surface area contributed by atoms with E-state index in [1.165, 1.54) is 12.1 Å². The van der Waals surface area contributed by atoms with Gasteiger partial charge >= 0.3 is 0 Å². The smallest absolute Gasteiger partial charge is 0.207 e. The molecule has 94 valence electrons. The van der Waals surface area contributed by atoms with E-state index < -0.39 is 14.9 Å². The van der Waals surface area contributed by atoms with Crippen LogP contribution >= 0.6 is 10.7 Å². The summed E-state index contributed by atoms with van der Waals surface area (Å²) >= 11 is 0. The van der Waals surface area contributed by atoms with Gasteiger partial charge in [-0.1, -0.05) is 35.9 Å². The van der Waals surface area contributed by atoms with Gasteiger partial charge in [0.1, 0.15) is 5.82 Å². The molecule has 0 fully saturated rings. The molecule has 0 aliphatic heterocycles. The fourth-order valence-electron chi connectivity index (χ4n) is 1.69. The Balaban J connectivity index is 2.55. The minimum atomic E-state index is -3.90. The van der Waals surface area contributed by atoms with Crippen molar-refractivity contribution in [3.8, 4) is 11.1 Å². The highest BCUT2D eigenvalue weighted by Crippen LogP contribution is 2.26. The van der Waals surface area contributed by atoms with E-state index in [9.17, 15) is 12.8 Å². The number of aryl methyl sites for hydroxylation is 1. The van der Waals surface area contributed by atoms with Gasteiger partial charge in [0.2, 0.25) is 0 Å². The highest BCUT2D eigenvalue weighted by atomic mass is 35.7. The maximum atomic E-state index is 13.9. The molecule has 0 unspecified atom stereocenters. The van der Waals surface area contributed by atoms with E-state index in [2.05, 4.69) is 0 Å². The van der Waals surface area contributed by atoms with Crippen LogP contribution in [0.25, 0.3) is 11.1 Å². The van der Waals surface area contributed by atoms with Crippen molar-refractivity contribution in [2.75, 3.05) is 0 Å². The number of hydrogen-bond acceptors (Lipinski definition) is 2. The van der Waals surface area contributed by atoms with Crippen molar-refractivity contribution in [1.29, 1.82) is 0 Å². The Bertz CT molecular complexity index is 696. The second kappa shape index (κ2) is 4.71. The van der Waals surface area contributed by atoms with Crippen LogP contribution in [-0.2, 0) is 9.05 Å². The normalized spacial score (nSPS) is 11.5. The minimum Gasteiger partial charge on any atom is -0.207 e. The zero-order valence-corrected chi connectivity index (χ0v) is 11.1. The van der Waals surface area contributed by atoms with Crippen LogP contribution in [0.2, 0.25) is 0 Å². The van der Waals surface area contributed by atoms with Crippen molar-refractivity contribution in [2.45, 2.75) is 11.8 Å². The molecule has 0 atom stereocenters. The molecular weight excluding hydrogens is 275 g/mol. The molecule has 0 bridgehead atoms. The fourth-order valence-corrected chi connectivity index (χ4v) is 2.46. The standard InChI is InChI=1S/C13H10ClFO2S/c1-9-3-2-4-10(7-9)12-6-5-11(8-13(12)15)18(14,16)17/h2-8H,1H3. The second-order valence-electron chi connectivity index (χ2n) is 3.95.